The fourth-order valence-electron chi connectivity index (χ4n) is 1.86. The molecule has 1 saturated heterocycles. The molecule has 1 atom stereocenters. The summed E-state index contributed by atoms with van der Waals surface area (Å²) in [5.74, 6) is -0.303. The number of esters is 1. The number of benzene rings is 1. The molecule has 0 aliphatic carbocycles. The van der Waals surface area contributed by atoms with Gasteiger partial charge in [0.1, 0.15) is 0 Å². The maximum absolute atomic E-state index is 11.6. The van der Waals surface area contributed by atoms with Gasteiger partial charge in [0.05, 0.1) is 31.9 Å². The second-order valence-electron chi connectivity index (χ2n) is 3.66. The molecule has 1 aliphatic heterocycles. The first kappa shape index (κ1) is 11.1. The van der Waals surface area contributed by atoms with E-state index in [4.69, 9.17) is 9.47 Å². The van der Waals surface area contributed by atoms with E-state index >= 15 is 0 Å². The van der Waals surface area contributed by atoms with Gasteiger partial charge in [0.25, 0.3) is 0 Å². The zero-order valence-corrected chi connectivity index (χ0v) is 9.23. The molecule has 86 valence electrons. The predicted octanol–water partition coefficient (Wildman–Crippen LogP) is 1.13. The Labute approximate surface area is 94.6 Å². The van der Waals surface area contributed by atoms with Crippen molar-refractivity contribution < 1.29 is 14.3 Å². The second-order valence-corrected chi connectivity index (χ2v) is 3.66. The van der Waals surface area contributed by atoms with E-state index in [1.807, 2.05) is 18.2 Å². The first-order valence-corrected chi connectivity index (χ1v) is 5.31. The zero-order chi connectivity index (χ0) is 11.4. The molecule has 1 unspecified atom stereocenters. The Balaban J connectivity index is 2.28. The van der Waals surface area contributed by atoms with Gasteiger partial charge in [-0.1, -0.05) is 18.2 Å². The average Bonchev–Trinajstić information content (AvgIpc) is 2.39. The molecule has 0 bridgehead atoms. The summed E-state index contributed by atoms with van der Waals surface area (Å²) in [7, 11) is 1.39. The Hall–Kier alpha value is -1.39. The van der Waals surface area contributed by atoms with Crippen LogP contribution in [0.25, 0.3) is 0 Å². The van der Waals surface area contributed by atoms with Gasteiger partial charge in [-0.25, -0.2) is 4.79 Å². The van der Waals surface area contributed by atoms with Crippen LogP contribution in [0.2, 0.25) is 0 Å². The highest BCUT2D eigenvalue weighted by atomic mass is 16.5. The van der Waals surface area contributed by atoms with Crippen LogP contribution in [0, 0.1) is 0 Å². The lowest BCUT2D eigenvalue weighted by Crippen LogP contribution is -2.35. The van der Waals surface area contributed by atoms with Crippen LogP contribution < -0.4 is 5.32 Å². The van der Waals surface area contributed by atoms with Crippen LogP contribution in [0.3, 0.4) is 0 Å². The number of rotatable bonds is 2. The Morgan fingerprint density at radius 3 is 3.00 bits per heavy atom. The van der Waals surface area contributed by atoms with Crippen molar-refractivity contribution in [2.45, 2.75) is 6.04 Å². The highest BCUT2D eigenvalue weighted by molar-refractivity contribution is 5.91. The van der Waals surface area contributed by atoms with Crippen molar-refractivity contribution in [3.05, 3.63) is 35.4 Å². The molecule has 1 aliphatic rings. The third-order valence-corrected chi connectivity index (χ3v) is 2.66. The van der Waals surface area contributed by atoms with Gasteiger partial charge in [-0.2, -0.15) is 0 Å². The number of morpholine rings is 1. The molecular weight excluding hydrogens is 206 g/mol. The minimum absolute atomic E-state index is 0.0732. The zero-order valence-electron chi connectivity index (χ0n) is 9.23. The van der Waals surface area contributed by atoms with Gasteiger partial charge in [-0.15, -0.1) is 0 Å². The van der Waals surface area contributed by atoms with Crippen molar-refractivity contribution in [3.8, 4) is 0 Å². The number of hydrogen-bond donors (Lipinski definition) is 1. The molecule has 1 N–H and O–H groups in total. The molecule has 0 radical (unpaired) electrons. The van der Waals surface area contributed by atoms with Crippen molar-refractivity contribution in [3.63, 3.8) is 0 Å². The molecule has 1 aromatic rings. The van der Waals surface area contributed by atoms with Crippen LogP contribution >= 0.6 is 0 Å². The van der Waals surface area contributed by atoms with Crippen LogP contribution in [0.15, 0.2) is 24.3 Å². The first-order chi connectivity index (χ1) is 7.83. The van der Waals surface area contributed by atoms with Gasteiger partial charge in [0.2, 0.25) is 0 Å². The summed E-state index contributed by atoms with van der Waals surface area (Å²) in [4.78, 5) is 11.6. The molecule has 4 nitrogen and oxygen atoms in total. The summed E-state index contributed by atoms with van der Waals surface area (Å²) in [6, 6.07) is 7.53. The van der Waals surface area contributed by atoms with E-state index < -0.39 is 0 Å². The fraction of sp³-hybridized carbons (Fsp3) is 0.417. The number of methoxy groups -OCH3 is 1. The summed E-state index contributed by atoms with van der Waals surface area (Å²) < 4.78 is 10.2. The maximum atomic E-state index is 11.6. The van der Waals surface area contributed by atoms with Crippen LogP contribution in [0.5, 0.6) is 0 Å². The minimum atomic E-state index is -0.303. The van der Waals surface area contributed by atoms with Gasteiger partial charge >= 0.3 is 5.97 Å². The first-order valence-electron chi connectivity index (χ1n) is 5.31. The number of ether oxygens (including phenoxy) is 2. The fourth-order valence-corrected chi connectivity index (χ4v) is 1.86. The molecule has 0 spiro atoms. The third-order valence-electron chi connectivity index (χ3n) is 2.66. The van der Waals surface area contributed by atoms with Gasteiger partial charge in [0, 0.05) is 6.54 Å². The largest absolute Gasteiger partial charge is 0.465 e. The summed E-state index contributed by atoms with van der Waals surface area (Å²) in [5.41, 5.74) is 1.54. The van der Waals surface area contributed by atoms with E-state index in [1.165, 1.54) is 7.11 Å². The lowest BCUT2D eigenvalue weighted by molar-refractivity contribution is 0.0587. The molecule has 0 saturated carbocycles. The van der Waals surface area contributed by atoms with E-state index in [9.17, 15) is 4.79 Å². The number of nitrogens with one attached hydrogen (secondary N) is 1. The highest BCUT2D eigenvalue weighted by Crippen LogP contribution is 2.20. The molecule has 0 amide bonds. The van der Waals surface area contributed by atoms with Gasteiger partial charge < -0.3 is 14.8 Å². The van der Waals surface area contributed by atoms with Crippen LogP contribution in [-0.4, -0.2) is 32.8 Å². The molecule has 2 rings (SSSR count). The van der Waals surface area contributed by atoms with Gasteiger partial charge in [0.15, 0.2) is 0 Å². The van der Waals surface area contributed by atoms with Crippen LogP contribution in [-0.2, 0) is 9.47 Å². The van der Waals surface area contributed by atoms with Crippen molar-refractivity contribution in [1.29, 1.82) is 0 Å². The monoisotopic (exact) mass is 221 g/mol. The van der Waals surface area contributed by atoms with Crippen molar-refractivity contribution in [1.82, 2.24) is 5.32 Å². The molecule has 4 heteroatoms. The Morgan fingerprint density at radius 2 is 2.31 bits per heavy atom. The van der Waals surface area contributed by atoms with Crippen LogP contribution in [0.4, 0.5) is 0 Å². The van der Waals surface area contributed by atoms with Gasteiger partial charge in [-0.05, 0) is 11.6 Å². The average molecular weight is 221 g/mol. The maximum Gasteiger partial charge on any atom is 0.338 e. The topological polar surface area (TPSA) is 47.6 Å². The van der Waals surface area contributed by atoms with E-state index in [0.717, 1.165) is 18.7 Å². The van der Waals surface area contributed by atoms with Crippen molar-refractivity contribution in [2.75, 3.05) is 26.9 Å². The Kier molecular flexibility index (Phi) is 3.54. The van der Waals surface area contributed by atoms with E-state index in [-0.39, 0.29) is 12.0 Å². The Morgan fingerprint density at radius 1 is 1.50 bits per heavy atom. The van der Waals surface area contributed by atoms with Crippen LogP contribution in [0.1, 0.15) is 22.0 Å². The quantitative estimate of drug-likeness (QED) is 0.761. The molecule has 1 fully saturated rings. The van der Waals surface area contributed by atoms with E-state index in [1.54, 1.807) is 6.07 Å². The van der Waals surface area contributed by atoms with E-state index in [2.05, 4.69) is 5.32 Å². The highest BCUT2D eigenvalue weighted by Gasteiger charge is 2.21. The lowest BCUT2D eigenvalue weighted by Gasteiger charge is -2.25. The molecule has 16 heavy (non-hydrogen) atoms. The molecular formula is C12H15NO3. The molecule has 0 aromatic heterocycles. The number of carbonyl (C=O) groups excluding carboxylic acids is 1. The van der Waals surface area contributed by atoms with E-state index in [0.29, 0.717) is 12.2 Å². The standard InChI is InChI=1S/C12H15NO3/c1-15-12(14)10-5-3-2-4-9(10)11-8-16-7-6-13-11/h2-5,11,13H,6-8H2,1H3. The normalized spacial score (nSPS) is 20.4. The van der Waals surface area contributed by atoms with Crippen molar-refractivity contribution in [2.24, 2.45) is 0 Å². The third kappa shape index (κ3) is 2.23. The number of hydrogen-bond acceptors (Lipinski definition) is 4. The molecule has 1 heterocycles. The summed E-state index contributed by atoms with van der Waals surface area (Å²) >= 11 is 0. The number of carbonyl (C=O) groups is 1. The van der Waals surface area contributed by atoms with Crippen molar-refractivity contribution >= 4 is 5.97 Å². The smallest absolute Gasteiger partial charge is 0.338 e. The lowest BCUT2D eigenvalue weighted by atomic mass is 10.0. The second kappa shape index (κ2) is 5.09. The summed E-state index contributed by atoms with van der Waals surface area (Å²) in [5, 5.41) is 3.32. The summed E-state index contributed by atoms with van der Waals surface area (Å²) in [6.45, 7) is 2.12. The Bertz CT molecular complexity index is 372. The predicted molar refractivity (Wildman–Crippen MR) is 59.3 cm³/mol. The SMILES string of the molecule is COC(=O)c1ccccc1C1COCCN1. The minimum Gasteiger partial charge on any atom is -0.465 e. The van der Waals surface area contributed by atoms with Gasteiger partial charge in [-0.3, -0.25) is 0 Å². The molecule has 1 aromatic carbocycles. The summed E-state index contributed by atoms with van der Waals surface area (Å²) in [6.07, 6.45) is 0.